The predicted octanol–water partition coefficient (Wildman–Crippen LogP) is 6.39. The van der Waals surface area contributed by atoms with Crippen molar-refractivity contribution in [2.75, 3.05) is 13.2 Å². The summed E-state index contributed by atoms with van der Waals surface area (Å²) in [6.45, 7) is 17.0. The molecule has 202 valence electrons. The third-order valence-corrected chi connectivity index (χ3v) is 12.8. The van der Waals surface area contributed by atoms with E-state index in [1.807, 2.05) is 44.2 Å². The van der Waals surface area contributed by atoms with Crippen molar-refractivity contribution >= 4 is 25.7 Å². The van der Waals surface area contributed by atoms with Crippen molar-refractivity contribution in [3.8, 4) is 0 Å². The number of amides is 1. The first-order valence-corrected chi connectivity index (χ1v) is 16.4. The molecule has 2 atom stereocenters. The summed E-state index contributed by atoms with van der Waals surface area (Å²) >= 11 is 1.51. The number of nitrogens with zero attached hydrogens (tertiary/aromatic N) is 1. The third-order valence-electron chi connectivity index (χ3n) is 7.03. The highest BCUT2D eigenvalue weighted by Crippen LogP contribution is 2.38. The number of aliphatic hydroxyl groups excluding tert-OH is 1. The fourth-order valence-corrected chi connectivity index (χ4v) is 5.42. The number of hydrogen-bond donors (Lipinski definition) is 3. The molecule has 1 heterocycles. The largest absolute Gasteiger partial charge is 0.465 e. The van der Waals surface area contributed by atoms with E-state index >= 15 is 0 Å². The molecule has 0 aliphatic carbocycles. The van der Waals surface area contributed by atoms with E-state index in [-0.39, 0.29) is 16.9 Å². The highest BCUT2D eigenvalue weighted by molar-refractivity contribution is 7.11. The monoisotopic (exact) mass is 536 g/mol. The van der Waals surface area contributed by atoms with Crippen molar-refractivity contribution < 1.29 is 24.2 Å². The molecule has 36 heavy (non-hydrogen) atoms. The van der Waals surface area contributed by atoms with Gasteiger partial charge in [-0.2, -0.15) is 0 Å². The Labute approximate surface area is 221 Å². The second kappa shape index (κ2) is 13.7. The maximum atomic E-state index is 11.0. The minimum atomic E-state index is -1.97. The first kappa shape index (κ1) is 30.4. The number of aromatic nitrogens is 1. The molecule has 0 radical (unpaired) electrons. The number of nitrogens with one attached hydrogen (secondary N) is 1. The average Bonchev–Trinajstić information content (AvgIpc) is 3.21. The van der Waals surface area contributed by atoms with E-state index in [0.717, 1.165) is 16.1 Å². The minimum absolute atomic E-state index is 0.00425. The molecule has 0 spiro atoms. The molecule has 3 N–H and O–H groups in total. The van der Waals surface area contributed by atoms with Gasteiger partial charge in [-0.15, -0.1) is 11.3 Å². The third kappa shape index (κ3) is 9.59. The van der Waals surface area contributed by atoms with Crippen LogP contribution in [-0.4, -0.2) is 42.8 Å². The highest BCUT2D eigenvalue weighted by atomic mass is 32.1. The molecular formula is C27H44N2O5SSi. The van der Waals surface area contributed by atoms with Gasteiger partial charge in [0, 0.05) is 17.8 Å². The fraction of sp³-hybridized carbons (Fsp3) is 0.630. The fourth-order valence-electron chi connectivity index (χ4n) is 3.45. The lowest BCUT2D eigenvalue weighted by Gasteiger charge is -2.36. The van der Waals surface area contributed by atoms with Gasteiger partial charge in [0.15, 0.2) is 8.32 Å². The van der Waals surface area contributed by atoms with Crippen molar-refractivity contribution in [3.63, 3.8) is 0 Å². The Morgan fingerprint density at radius 2 is 1.83 bits per heavy atom. The van der Waals surface area contributed by atoms with Crippen LogP contribution in [0, 0.1) is 11.8 Å². The summed E-state index contributed by atoms with van der Waals surface area (Å²) in [5.41, 5.74) is 2.00. The molecule has 0 saturated heterocycles. The number of carboxylic acid groups (broad SMARTS) is 1. The van der Waals surface area contributed by atoms with Crippen LogP contribution in [-0.2, 0) is 28.8 Å². The Balaban J connectivity index is 2.13. The maximum absolute atomic E-state index is 11.0. The SMILES string of the molecule is CC(C)[C@H](CNC(=O)O)C[C@@H](O)c1nc(CO[Si](C)(C)C(C)(C)C)c(CCOCc2ccccc2)s1. The van der Waals surface area contributed by atoms with Crippen molar-refractivity contribution in [1.29, 1.82) is 0 Å². The van der Waals surface area contributed by atoms with Crippen LogP contribution in [0.4, 0.5) is 4.79 Å². The van der Waals surface area contributed by atoms with Crippen LogP contribution in [0.25, 0.3) is 0 Å². The van der Waals surface area contributed by atoms with E-state index in [0.29, 0.717) is 44.2 Å². The smallest absolute Gasteiger partial charge is 0.404 e. The van der Waals surface area contributed by atoms with Gasteiger partial charge in [-0.3, -0.25) is 0 Å². The maximum Gasteiger partial charge on any atom is 0.404 e. The summed E-state index contributed by atoms with van der Waals surface area (Å²) in [4.78, 5) is 16.8. The van der Waals surface area contributed by atoms with E-state index in [1.165, 1.54) is 11.3 Å². The minimum Gasteiger partial charge on any atom is -0.465 e. The van der Waals surface area contributed by atoms with Gasteiger partial charge in [-0.25, -0.2) is 9.78 Å². The van der Waals surface area contributed by atoms with Crippen molar-refractivity contribution in [3.05, 3.63) is 51.5 Å². The van der Waals surface area contributed by atoms with E-state index < -0.39 is 20.5 Å². The van der Waals surface area contributed by atoms with Gasteiger partial charge in [-0.1, -0.05) is 65.0 Å². The van der Waals surface area contributed by atoms with E-state index in [2.05, 4.69) is 39.2 Å². The lowest BCUT2D eigenvalue weighted by Crippen LogP contribution is -2.40. The molecular weight excluding hydrogens is 492 g/mol. The summed E-state index contributed by atoms with van der Waals surface area (Å²) < 4.78 is 12.4. The number of benzene rings is 1. The number of hydrogen-bond acceptors (Lipinski definition) is 6. The number of ether oxygens (including phenoxy) is 1. The molecule has 0 aliphatic rings. The van der Waals surface area contributed by atoms with Gasteiger partial charge in [0.2, 0.25) is 0 Å². The standard InChI is InChI=1S/C27H44N2O5SSi/c1-19(2)21(16-28-26(31)32)15-23(30)25-29-22(18-34-36(6,7)27(3,4)5)24(35-25)13-14-33-17-20-11-9-8-10-12-20/h8-12,19,21,23,28,30H,13-18H2,1-7H3,(H,31,32)/t21-,23+/m0/s1. The molecule has 1 aromatic heterocycles. The van der Waals surface area contributed by atoms with Crippen LogP contribution in [0.5, 0.6) is 0 Å². The molecule has 9 heteroatoms. The van der Waals surface area contributed by atoms with Crippen molar-refractivity contribution in [1.82, 2.24) is 10.3 Å². The summed E-state index contributed by atoms with van der Waals surface area (Å²) in [7, 11) is -1.97. The van der Waals surface area contributed by atoms with E-state index in [4.69, 9.17) is 19.3 Å². The van der Waals surface area contributed by atoms with Crippen molar-refractivity contribution in [2.45, 2.75) is 84.9 Å². The predicted molar refractivity (Wildman–Crippen MR) is 148 cm³/mol. The summed E-state index contributed by atoms with van der Waals surface area (Å²) in [6.07, 6.45) is -0.671. The topological polar surface area (TPSA) is 101 Å². The van der Waals surface area contributed by atoms with E-state index in [1.54, 1.807) is 0 Å². The van der Waals surface area contributed by atoms with Crippen LogP contribution < -0.4 is 5.32 Å². The number of thiazole rings is 1. The van der Waals surface area contributed by atoms with Crippen molar-refractivity contribution in [2.24, 2.45) is 11.8 Å². The van der Waals surface area contributed by atoms with Gasteiger partial charge in [0.05, 0.1) is 25.5 Å². The molecule has 0 bridgehead atoms. The van der Waals surface area contributed by atoms with Gasteiger partial charge in [-0.05, 0) is 42.0 Å². The Bertz CT molecular complexity index is 943. The number of carbonyl (C=O) groups is 1. The zero-order valence-electron chi connectivity index (χ0n) is 22.8. The van der Waals surface area contributed by atoms with Crippen LogP contribution >= 0.6 is 11.3 Å². The van der Waals surface area contributed by atoms with Gasteiger partial charge in [0.1, 0.15) is 11.1 Å². The molecule has 0 aliphatic heterocycles. The lowest BCUT2D eigenvalue weighted by molar-refractivity contribution is 0.124. The van der Waals surface area contributed by atoms with Crippen LogP contribution in [0.15, 0.2) is 30.3 Å². The van der Waals surface area contributed by atoms with Crippen LogP contribution in [0.3, 0.4) is 0 Å². The molecule has 1 amide bonds. The first-order chi connectivity index (χ1) is 16.8. The molecule has 0 saturated carbocycles. The van der Waals surface area contributed by atoms with Gasteiger partial charge >= 0.3 is 6.09 Å². The van der Waals surface area contributed by atoms with Gasteiger partial charge < -0.3 is 24.7 Å². The summed E-state index contributed by atoms with van der Waals surface area (Å²) in [6, 6.07) is 10.1. The summed E-state index contributed by atoms with van der Waals surface area (Å²) in [5.74, 6) is 0.225. The van der Waals surface area contributed by atoms with E-state index in [9.17, 15) is 9.90 Å². The second-order valence-electron chi connectivity index (χ2n) is 11.2. The van der Waals surface area contributed by atoms with Gasteiger partial charge in [0.25, 0.3) is 0 Å². The zero-order valence-corrected chi connectivity index (χ0v) is 24.7. The molecule has 1 aromatic carbocycles. The molecule has 0 unspecified atom stereocenters. The molecule has 7 nitrogen and oxygen atoms in total. The lowest BCUT2D eigenvalue weighted by atomic mass is 9.90. The number of rotatable bonds is 14. The molecule has 2 rings (SSSR count). The molecule has 2 aromatic rings. The van der Waals surface area contributed by atoms with Crippen LogP contribution in [0.1, 0.15) is 68.3 Å². The normalized spacial score (nSPS) is 14.1. The Hall–Kier alpha value is -1.78. The molecule has 0 fully saturated rings. The Morgan fingerprint density at radius 3 is 2.42 bits per heavy atom. The Kier molecular flexibility index (Phi) is 11.6. The first-order valence-electron chi connectivity index (χ1n) is 12.7. The Morgan fingerprint density at radius 1 is 1.17 bits per heavy atom. The number of aliphatic hydroxyl groups is 1. The highest BCUT2D eigenvalue weighted by Gasteiger charge is 2.37. The van der Waals surface area contributed by atoms with Crippen LogP contribution in [0.2, 0.25) is 18.1 Å². The zero-order chi connectivity index (χ0) is 26.9. The quantitative estimate of drug-likeness (QED) is 0.191. The summed E-state index contributed by atoms with van der Waals surface area (Å²) in [5, 5.41) is 23.2. The average molecular weight is 537 g/mol. The second-order valence-corrected chi connectivity index (χ2v) is 17.1.